The SMILES string of the molecule is COc1cc2nc(C)nc(N[C@H](C)c3cc(N)cc(C(F)(F)F)c3C)c2cc1C1=CCC(C(=O)O)CC1. The summed E-state index contributed by atoms with van der Waals surface area (Å²) in [6.45, 7) is 4.92. The summed E-state index contributed by atoms with van der Waals surface area (Å²) in [4.78, 5) is 20.4. The quantitative estimate of drug-likeness (QED) is 0.331. The maximum absolute atomic E-state index is 13.6. The number of benzene rings is 2. The van der Waals surface area contributed by atoms with Crippen LogP contribution < -0.4 is 15.8 Å². The van der Waals surface area contributed by atoms with Crippen molar-refractivity contribution < 1.29 is 27.8 Å². The molecule has 196 valence electrons. The van der Waals surface area contributed by atoms with Crippen LogP contribution >= 0.6 is 0 Å². The van der Waals surface area contributed by atoms with Crippen molar-refractivity contribution in [2.75, 3.05) is 18.2 Å². The van der Waals surface area contributed by atoms with E-state index in [-0.39, 0.29) is 11.3 Å². The minimum absolute atomic E-state index is 0.0289. The summed E-state index contributed by atoms with van der Waals surface area (Å²) in [5.74, 6) is 0.330. The summed E-state index contributed by atoms with van der Waals surface area (Å²) in [7, 11) is 1.56. The minimum atomic E-state index is -4.52. The summed E-state index contributed by atoms with van der Waals surface area (Å²) in [5.41, 5.74) is 7.99. The van der Waals surface area contributed by atoms with Gasteiger partial charge in [-0.1, -0.05) is 6.08 Å². The topological polar surface area (TPSA) is 110 Å². The number of nitrogens with zero attached hydrogens (tertiary/aromatic N) is 2. The molecule has 2 aromatic carbocycles. The van der Waals surface area contributed by atoms with Gasteiger partial charge in [0.2, 0.25) is 0 Å². The van der Waals surface area contributed by atoms with Gasteiger partial charge >= 0.3 is 12.1 Å². The first kappa shape index (κ1) is 26.2. The van der Waals surface area contributed by atoms with Crippen LogP contribution in [0.3, 0.4) is 0 Å². The number of anilines is 2. The molecule has 0 amide bonds. The van der Waals surface area contributed by atoms with Gasteiger partial charge in [-0.25, -0.2) is 9.97 Å². The van der Waals surface area contributed by atoms with E-state index >= 15 is 0 Å². The van der Waals surface area contributed by atoms with E-state index in [1.54, 1.807) is 33.1 Å². The van der Waals surface area contributed by atoms with Gasteiger partial charge in [0.15, 0.2) is 0 Å². The van der Waals surface area contributed by atoms with Gasteiger partial charge in [0, 0.05) is 22.7 Å². The Bertz CT molecular complexity index is 1400. The Kier molecular flexibility index (Phi) is 7.03. The summed E-state index contributed by atoms with van der Waals surface area (Å²) in [5, 5.41) is 13.3. The van der Waals surface area contributed by atoms with Gasteiger partial charge in [0.05, 0.1) is 30.1 Å². The second-order valence-electron chi connectivity index (χ2n) is 9.37. The van der Waals surface area contributed by atoms with Crippen LogP contribution in [-0.4, -0.2) is 28.2 Å². The van der Waals surface area contributed by atoms with E-state index in [1.165, 1.54) is 6.92 Å². The second kappa shape index (κ2) is 9.91. The normalized spacial score (nSPS) is 16.8. The summed E-state index contributed by atoms with van der Waals surface area (Å²) in [6, 6.07) is 5.63. The van der Waals surface area contributed by atoms with Crippen molar-refractivity contribution in [3.05, 3.63) is 58.4 Å². The Balaban J connectivity index is 1.78. The van der Waals surface area contributed by atoms with Crippen LogP contribution in [0.4, 0.5) is 24.7 Å². The van der Waals surface area contributed by atoms with Crippen molar-refractivity contribution in [3.8, 4) is 5.75 Å². The average Bonchev–Trinajstić information content (AvgIpc) is 2.83. The number of carboxylic acids is 1. The van der Waals surface area contributed by atoms with Crippen LogP contribution in [0.1, 0.15) is 60.3 Å². The Hall–Kier alpha value is -3.82. The van der Waals surface area contributed by atoms with Gasteiger partial charge in [0.1, 0.15) is 17.4 Å². The first-order valence-corrected chi connectivity index (χ1v) is 11.9. The van der Waals surface area contributed by atoms with Gasteiger partial charge in [-0.15, -0.1) is 0 Å². The number of allylic oxidation sites excluding steroid dienone is 2. The van der Waals surface area contributed by atoms with Crippen LogP contribution in [0.2, 0.25) is 0 Å². The third kappa shape index (κ3) is 5.33. The molecule has 4 rings (SSSR count). The molecule has 0 saturated carbocycles. The summed E-state index contributed by atoms with van der Waals surface area (Å²) < 4.78 is 46.4. The Morgan fingerprint density at radius 3 is 2.54 bits per heavy atom. The number of fused-ring (bicyclic) bond motifs is 1. The molecule has 10 heteroatoms. The standard InChI is InChI=1S/C27H29F3N4O3/c1-13-19(9-18(31)10-22(13)27(28,29)30)14(2)32-25-21-11-20(16-5-7-17(8-6-16)26(35)36)24(37-4)12-23(21)33-15(3)34-25/h5,9-12,14,17H,6-8,31H2,1-4H3,(H,35,36)(H,32,33,34)/t14-,17?/m1/s1. The zero-order valence-electron chi connectivity index (χ0n) is 21.0. The number of carbonyl (C=O) groups is 1. The van der Waals surface area contributed by atoms with E-state index in [1.807, 2.05) is 12.1 Å². The van der Waals surface area contributed by atoms with Crippen LogP contribution in [0.25, 0.3) is 16.5 Å². The highest BCUT2D eigenvalue weighted by atomic mass is 19.4. The molecular weight excluding hydrogens is 485 g/mol. The molecule has 3 aromatic rings. The first-order chi connectivity index (χ1) is 17.4. The lowest BCUT2D eigenvalue weighted by molar-refractivity contribution is -0.142. The molecule has 4 N–H and O–H groups in total. The molecule has 7 nitrogen and oxygen atoms in total. The van der Waals surface area contributed by atoms with Crippen molar-refractivity contribution in [3.63, 3.8) is 0 Å². The molecule has 1 aliphatic carbocycles. The molecule has 0 aliphatic heterocycles. The van der Waals surface area contributed by atoms with Crippen LogP contribution in [0, 0.1) is 19.8 Å². The number of hydrogen-bond donors (Lipinski definition) is 3. The molecule has 1 heterocycles. The molecule has 0 radical (unpaired) electrons. The fourth-order valence-corrected chi connectivity index (χ4v) is 4.89. The lowest BCUT2D eigenvalue weighted by Gasteiger charge is -2.23. The third-order valence-electron chi connectivity index (χ3n) is 6.83. The molecule has 1 aliphatic rings. The number of ether oxygens (including phenoxy) is 1. The number of methoxy groups -OCH3 is 1. The number of nitrogen functional groups attached to an aromatic ring is 1. The molecule has 37 heavy (non-hydrogen) atoms. The highest BCUT2D eigenvalue weighted by Crippen LogP contribution is 2.40. The van der Waals surface area contributed by atoms with E-state index in [9.17, 15) is 23.1 Å². The maximum Gasteiger partial charge on any atom is 0.416 e. The smallest absolute Gasteiger partial charge is 0.416 e. The van der Waals surface area contributed by atoms with Gasteiger partial charge in [-0.2, -0.15) is 13.2 Å². The third-order valence-corrected chi connectivity index (χ3v) is 6.83. The maximum atomic E-state index is 13.6. The van der Waals surface area contributed by atoms with E-state index < -0.39 is 29.7 Å². The van der Waals surface area contributed by atoms with Gasteiger partial charge in [-0.05, 0) is 74.9 Å². The van der Waals surface area contributed by atoms with Crippen LogP contribution in [-0.2, 0) is 11.0 Å². The number of hydrogen-bond acceptors (Lipinski definition) is 6. The van der Waals surface area contributed by atoms with E-state index in [0.717, 1.165) is 17.2 Å². The lowest BCUT2D eigenvalue weighted by Crippen LogP contribution is -2.16. The summed E-state index contributed by atoms with van der Waals surface area (Å²) in [6.07, 6.45) is -1.08. The number of rotatable bonds is 6. The Morgan fingerprint density at radius 2 is 1.95 bits per heavy atom. The highest BCUT2D eigenvalue weighted by molar-refractivity contribution is 5.94. The fraction of sp³-hybridized carbons (Fsp3) is 0.370. The molecule has 2 atom stereocenters. The molecule has 1 aromatic heterocycles. The molecule has 0 fully saturated rings. The molecular formula is C27H29F3N4O3. The van der Waals surface area contributed by atoms with Gasteiger partial charge in [-0.3, -0.25) is 4.79 Å². The van der Waals surface area contributed by atoms with E-state index in [4.69, 9.17) is 10.5 Å². The number of alkyl halides is 3. The molecule has 0 saturated heterocycles. The second-order valence-corrected chi connectivity index (χ2v) is 9.37. The van der Waals surface area contributed by atoms with E-state index in [2.05, 4.69) is 15.3 Å². The van der Waals surface area contributed by atoms with Gasteiger partial charge < -0.3 is 20.9 Å². The number of aromatic nitrogens is 2. The van der Waals surface area contributed by atoms with Crippen molar-refractivity contribution >= 4 is 34.0 Å². The zero-order valence-corrected chi connectivity index (χ0v) is 21.0. The van der Waals surface area contributed by atoms with Crippen molar-refractivity contribution in [2.24, 2.45) is 5.92 Å². The Labute approximate surface area is 212 Å². The average molecular weight is 515 g/mol. The Morgan fingerprint density at radius 1 is 1.22 bits per heavy atom. The highest BCUT2D eigenvalue weighted by Gasteiger charge is 2.34. The van der Waals surface area contributed by atoms with Crippen LogP contribution in [0.5, 0.6) is 5.75 Å². The van der Waals surface area contributed by atoms with Gasteiger partial charge in [0.25, 0.3) is 0 Å². The monoisotopic (exact) mass is 514 g/mol. The molecule has 1 unspecified atom stereocenters. The van der Waals surface area contributed by atoms with Crippen molar-refractivity contribution in [1.82, 2.24) is 9.97 Å². The zero-order chi connectivity index (χ0) is 27.1. The van der Waals surface area contributed by atoms with Crippen molar-refractivity contribution in [2.45, 2.75) is 52.3 Å². The summed E-state index contributed by atoms with van der Waals surface area (Å²) >= 11 is 0. The molecule has 0 bridgehead atoms. The predicted molar refractivity (Wildman–Crippen MR) is 136 cm³/mol. The largest absolute Gasteiger partial charge is 0.496 e. The lowest BCUT2D eigenvalue weighted by atomic mass is 9.86. The number of nitrogens with two attached hydrogens (primary N) is 1. The molecule has 0 spiro atoms. The predicted octanol–water partition coefficient (Wildman–Crippen LogP) is 6.30. The first-order valence-electron chi connectivity index (χ1n) is 11.9. The number of aliphatic carboxylic acids is 1. The van der Waals surface area contributed by atoms with Crippen LogP contribution in [0.15, 0.2) is 30.3 Å². The fourth-order valence-electron chi connectivity index (χ4n) is 4.89. The number of carboxylic acid groups (broad SMARTS) is 1. The number of halogens is 3. The number of nitrogens with one attached hydrogen (secondary N) is 1. The minimum Gasteiger partial charge on any atom is -0.496 e. The van der Waals surface area contributed by atoms with E-state index in [0.29, 0.717) is 53.1 Å². The van der Waals surface area contributed by atoms with Crippen molar-refractivity contribution in [1.29, 1.82) is 0 Å². The number of aryl methyl sites for hydroxylation is 1.